The van der Waals surface area contributed by atoms with Crippen LogP contribution in [0.5, 0.6) is 0 Å². The molecular formula is C14H28N2. The molecule has 0 unspecified atom stereocenters. The lowest BCUT2D eigenvalue weighted by Crippen LogP contribution is -2.39. The molecule has 0 aromatic carbocycles. The van der Waals surface area contributed by atoms with Crippen LogP contribution in [-0.2, 0) is 0 Å². The first-order valence-corrected chi connectivity index (χ1v) is 7.20. The van der Waals surface area contributed by atoms with Gasteiger partial charge in [0.2, 0.25) is 0 Å². The normalized spacial score (nSPS) is 34.1. The average molecular weight is 224 g/mol. The van der Waals surface area contributed by atoms with Crippen LogP contribution in [0, 0.1) is 17.8 Å². The third-order valence-electron chi connectivity index (χ3n) is 4.69. The lowest BCUT2D eigenvalue weighted by atomic mass is 9.82. The summed E-state index contributed by atoms with van der Waals surface area (Å²) in [6.07, 6.45) is 8.53. The third-order valence-corrected chi connectivity index (χ3v) is 4.69. The van der Waals surface area contributed by atoms with Crippen molar-refractivity contribution in [3.05, 3.63) is 0 Å². The van der Waals surface area contributed by atoms with Gasteiger partial charge in [-0.1, -0.05) is 19.8 Å². The van der Waals surface area contributed by atoms with E-state index < -0.39 is 0 Å². The van der Waals surface area contributed by atoms with Gasteiger partial charge >= 0.3 is 0 Å². The van der Waals surface area contributed by atoms with Crippen LogP contribution < -0.4 is 5.73 Å². The number of rotatable bonds is 3. The molecule has 2 rings (SSSR count). The predicted octanol–water partition coefficient (Wildman–Crippen LogP) is 2.48. The van der Waals surface area contributed by atoms with Gasteiger partial charge in [0.25, 0.3) is 0 Å². The summed E-state index contributed by atoms with van der Waals surface area (Å²) < 4.78 is 0. The number of piperidine rings is 1. The second kappa shape index (κ2) is 6.02. The monoisotopic (exact) mass is 224 g/mol. The van der Waals surface area contributed by atoms with Gasteiger partial charge < -0.3 is 10.6 Å². The van der Waals surface area contributed by atoms with Crippen LogP contribution in [-0.4, -0.2) is 31.1 Å². The van der Waals surface area contributed by atoms with Gasteiger partial charge in [-0.3, -0.25) is 0 Å². The van der Waals surface area contributed by atoms with Crippen molar-refractivity contribution in [2.45, 2.75) is 45.4 Å². The van der Waals surface area contributed by atoms with Gasteiger partial charge in [0.15, 0.2) is 0 Å². The number of nitrogens with two attached hydrogens (primary N) is 1. The fourth-order valence-corrected chi connectivity index (χ4v) is 3.28. The van der Waals surface area contributed by atoms with Crippen molar-refractivity contribution in [3.8, 4) is 0 Å². The lowest BCUT2D eigenvalue weighted by molar-refractivity contribution is 0.140. The van der Waals surface area contributed by atoms with E-state index in [9.17, 15) is 0 Å². The Morgan fingerprint density at radius 2 is 1.56 bits per heavy atom. The lowest BCUT2D eigenvalue weighted by Gasteiger charge is -2.35. The van der Waals surface area contributed by atoms with Crippen molar-refractivity contribution < 1.29 is 0 Å². The van der Waals surface area contributed by atoms with Crippen LogP contribution in [0.4, 0.5) is 0 Å². The fraction of sp³-hybridized carbons (Fsp3) is 1.00. The Labute approximate surface area is 101 Å². The highest BCUT2D eigenvalue weighted by atomic mass is 15.1. The van der Waals surface area contributed by atoms with E-state index in [4.69, 9.17) is 5.73 Å². The molecule has 2 nitrogen and oxygen atoms in total. The summed E-state index contributed by atoms with van der Waals surface area (Å²) in [6.45, 7) is 7.27. The van der Waals surface area contributed by atoms with Crippen LogP contribution in [0.3, 0.4) is 0 Å². The molecule has 2 aliphatic rings. The standard InChI is InChI=1S/C14H28N2/c1-12-2-4-14(5-3-12)11-16-8-6-13(10-15)7-9-16/h12-14H,2-11,15H2,1H3. The van der Waals surface area contributed by atoms with Crippen molar-refractivity contribution in [2.24, 2.45) is 23.5 Å². The molecule has 0 aromatic heterocycles. The molecule has 2 N–H and O–H groups in total. The maximum atomic E-state index is 5.73. The molecule has 2 fully saturated rings. The molecule has 0 atom stereocenters. The van der Waals surface area contributed by atoms with Crippen LogP contribution in [0.1, 0.15) is 45.4 Å². The van der Waals surface area contributed by atoms with Crippen LogP contribution >= 0.6 is 0 Å². The second-order valence-corrected chi connectivity index (χ2v) is 6.11. The van der Waals surface area contributed by atoms with Crippen molar-refractivity contribution in [2.75, 3.05) is 26.2 Å². The van der Waals surface area contributed by atoms with E-state index in [1.165, 1.54) is 58.2 Å². The smallest absolute Gasteiger partial charge is 0.000966 e. The van der Waals surface area contributed by atoms with Gasteiger partial charge in [-0.15, -0.1) is 0 Å². The zero-order valence-corrected chi connectivity index (χ0v) is 10.8. The van der Waals surface area contributed by atoms with Gasteiger partial charge in [-0.2, -0.15) is 0 Å². The average Bonchev–Trinajstić information content (AvgIpc) is 2.33. The first kappa shape index (κ1) is 12.4. The molecule has 16 heavy (non-hydrogen) atoms. The van der Waals surface area contributed by atoms with Crippen LogP contribution in [0.15, 0.2) is 0 Å². The second-order valence-electron chi connectivity index (χ2n) is 6.11. The quantitative estimate of drug-likeness (QED) is 0.798. The summed E-state index contributed by atoms with van der Waals surface area (Å²) >= 11 is 0. The summed E-state index contributed by atoms with van der Waals surface area (Å²) in [7, 11) is 0. The van der Waals surface area contributed by atoms with E-state index in [-0.39, 0.29) is 0 Å². The Balaban J connectivity index is 1.66. The van der Waals surface area contributed by atoms with Gasteiger partial charge in [0.1, 0.15) is 0 Å². The molecule has 1 aliphatic heterocycles. The zero-order chi connectivity index (χ0) is 11.4. The molecule has 1 saturated heterocycles. The largest absolute Gasteiger partial charge is 0.330 e. The number of likely N-dealkylation sites (tertiary alicyclic amines) is 1. The number of hydrogen-bond acceptors (Lipinski definition) is 2. The highest BCUT2D eigenvalue weighted by molar-refractivity contribution is 4.77. The highest BCUT2D eigenvalue weighted by Crippen LogP contribution is 2.29. The minimum atomic E-state index is 0.808. The van der Waals surface area contributed by atoms with E-state index >= 15 is 0 Å². The Morgan fingerprint density at radius 3 is 2.12 bits per heavy atom. The van der Waals surface area contributed by atoms with E-state index in [2.05, 4.69) is 11.8 Å². The van der Waals surface area contributed by atoms with Crippen molar-refractivity contribution >= 4 is 0 Å². The Morgan fingerprint density at radius 1 is 0.938 bits per heavy atom. The van der Waals surface area contributed by atoms with Crippen molar-refractivity contribution in [1.29, 1.82) is 0 Å². The fourth-order valence-electron chi connectivity index (χ4n) is 3.28. The molecule has 2 heteroatoms. The van der Waals surface area contributed by atoms with E-state index in [0.717, 1.165) is 24.3 Å². The van der Waals surface area contributed by atoms with Crippen LogP contribution in [0.25, 0.3) is 0 Å². The summed E-state index contributed by atoms with van der Waals surface area (Å²) in [5.41, 5.74) is 5.73. The minimum Gasteiger partial charge on any atom is -0.330 e. The van der Waals surface area contributed by atoms with Crippen LogP contribution in [0.2, 0.25) is 0 Å². The van der Waals surface area contributed by atoms with Gasteiger partial charge in [0, 0.05) is 6.54 Å². The highest BCUT2D eigenvalue weighted by Gasteiger charge is 2.23. The summed E-state index contributed by atoms with van der Waals surface area (Å²) in [4.78, 5) is 2.69. The number of nitrogens with zero attached hydrogens (tertiary/aromatic N) is 1. The molecule has 0 bridgehead atoms. The molecular weight excluding hydrogens is 196 g/mol. The van der Waals surface area contributed by atoms with E-state index in [1.807, 2.05) is 0 Å². The van der Waals surface area contributed by atoms with E-state index in [0.29, 0.717) is 0 Å². The minimum absolute atomic E-state index is 0.808. The summed E-state index contributed by atoms with van der Waals surface area (Å²) in [6, 6.07) is 0. The maximum absolute atomic E-state index is 5.73. The van der Waals surface area contributed by atoms with Gasteiger partial charge in [0.05, 0.1) is 0 Å². The molecule has 0 amide bonds. The first-order chi connectivity index (χ1) is 7.78. The Hall–Kier alpha value is -0.0800. The Kier molecular flexibility index (Phi) is 4.66. The van der Waals surface area contributed by atoms with Crippen molar-refractivity contribution in [1.82, 2.24) is 4.90 Å². The zero-order valence-electron chi connectivity index (χ0n) is 10.8. The van der Waals surface area contributed by atoms with Gasteiger partial charge in [-0.05, 0) is 63.1 Å². The molecule has 1 aliphatic carbocycles. The molecule has 0 spiro atoms. The summed E-state index contributed by atoms with van der Waals surface area (Å²) in [5.74, 6) is 2.78. The molecule has 94 valence electrons. The van der Waals surface area contributed by atoms with Gasteiger partial charge in [-0.25, -0.2) is 0 Å². The maximum Gasteiger partial charge on any atom is 0.000966 e. The predicted molar refractivity (Wildman–Crippen MR) is 69.3 cm³/mol. The molecule has 1 saturated carbocycles. The molecule has 0 aromatic rings. The third kappa shape index (κ3) is 3.46. The molecule has 0 radical (unpaired) electrons. The van der Waals surface area contributed by atoms with E-state index in [1.54, 1.807) is 0 Å². The Bertz CT molecular complexity index is 189. The topological polar surface area (TPSA) is 29.3 Å². The van der Waals surface area contributed by atoms with Crippen molar-refractivity contribution in [3.63, 3.8) is 0 Å². The molecule has 1 heterocycles. The first-order valence-electron chi connectivity index (χ1n) is 7.20. The summed E-state index contributed by atoms with van der Waals surface area (Å²) in [5, 5.41) is 0. The number of hydrogen-bond donors (Lipinski definition) is 1. The SMILES string of the molecule is CC1CCC(CN2CCC(CN)CC2)CC1.